The largest absolute Gasteiger partial charge is 0.480 e. The first-order valence-corrected chi connectivity index (χ1v) is 25.6. The van der Waals surface area contributed by atoms with Gasteiger partial charge in [0.1, 0.15) is 48.3 Å². The summed E-state index contributed by atoms with van der Waals surface area (Å²) in [6.45, 7) is 14.1. The molecule has 0 bridgehead atoms. The summed E-state index contributed by atoms with van der Waals surface area (Å²) in [7, 11) is 0. The molecule has 2 aromatic carbocycles. The van der Waals surface area contributed by atoms with Crippen LogP contribution in [-0.4, -0.2) is 140 Å². The highest BCUT2D eigenvalue weighted by Crippen LogP contribution is 2.22. The number of carbonyl (C=O) groups is 10. The lowest BCUT2D eigenvalue weighted by Gasteiger charge is -2.30. The van der Waals surface area contributed by atoms with Gasteiger partial charge in [0.15, 0.2) is 0 Å². The fourth-order valence-corrected chi connectivity index (χ4v) is 8.61. The third-order valence-electron chi connectivity index (χ3n) is 12.8. The normalized spacial score (nSPS) is 15.1. The maximum absolute atomic E-state index is 14.6. The molecule has 0 saturated carbocycles. The number of aromatic amines is 2. The molecule has 9 amide bonds. The minimum Gasteiger partial charge on any atom is -0.480 e. The van der Waals surface area contributed by atoms with Gasteiger partial charge in [0.2, 0.25) is 53.2 Å². The highest BCUT2D eigenvalue weighted by Gasteiger charge is 2.38. The van der Waals surface area contributed by atoms with Gasteiger partial charge < -0.3 is 74.2 Å². The molecule has 420 valence electrons. The van der Waals surface area contributed by atoms with Crippen LogP contribution >= 0.6 is 0 Å². The number of aromatic nitrogens is 2. The van der Waals surface area contributed by atoms with Gasteiger partial charge in [-0.3, -0.25) is 43.2 Å². The number of amides is 9. The van der Waals surface area contributed by atoms with Crippen LogP contribution in [0, 0.1) is 23.7 Å². The summed E-state index contributed by atoms with van der Waals surface area (Å²) in [6.07, 6.45) is 0.753. The molecule has 4 rings (SSSR count). The van der Waals surface area contributed by atoms with Crippen LogP contribution in [0.25, 0.3) is 21.8 Å². The number of aliphatic hydroxyl groups excluding tert-OH is 1. The molecule has 2 heterocycles. The fraction of sp³-hybridized carbons (Fsp3) is 0.509. The van der Waals surface area contributed by atoms with Crippen molar-refractivity contribution in [3.05, 3.63) is 72.1 Å². The van der Waals surface area contributed by atoms with Crippen LogP contribution in [0.3, 0.4) is 0 Å². The van der Waals surface area contributed by atoms with Gasteiger partial charge in [-0.15, -0.1) is 0 Å². The van der Waals surface area contributed by atoms with E-state index in [0.717, 1.165) is 5.52 Å². The Morgan fingerprint density at radius 2 is 0.870 bits per heavy atom. The van der Waals surface area contributed by atoms with E-state index in [-0.39, 0.29) is 25.2 Å². The first kappa shape index (κ1) is 61.7. The number of nitrogens with two attached hydrogens (primary N) is 2. The Morgan fingerprint density at radius 1 is 0.494 bits per heavy atom. The van der Waals surface area contributed by atoms with Gasteiger partial charge in [-0.1, -0.05) is 91.8 Å². The van der Waals surface area contributed by atoms with E-state index in [4.69, 9.17) is 11.5 Å². The minimum absolute atomic E-state index is 0.108. The van der Waals surface area contributed by atoms with E-state index in [0.29, 0.717) is 27.4 Å². The molecule has 0 aliphatic carbocycles. The number of H-pyrrole nitrogens is 2. The highest BCUT2D eigenvalue weighted by atomic mass is 16.4. The van der Waals surface area contributed by atoms with E-state index >= 15 is 0 Å². The SMILES string of the molecule is CC(C)C[C@H](NC(=O)CN)C(=O)N[C@@H](CC(N)=O)C(=O)N[C@@H](Cc1c[nH]c2ccccc12)C(=O)N[C@H](C(=O)N[C@H](C(=O)N[C@@H](Cc1c[nH]c2ccccc12)C(=O)N[C@H](C(=O)N[C@H](C(=O)O)C(C)C)C(C)C)[C@@H](C)O)C(C)C. The second-order valence-electron chi connectivity index (χ2n) is 20.7. The number of carboxylic acids is 1. The minimum atomic E-state index is -1.75. The molecule has 77 heavy (non-hydrogen) atoms. The molecule has 4 aromatic rings. The van der Waals surface area contributed by atoms with Crippen LogP contribution in [0.5, 0.6) is 0 Å². The van der Waals surface area contributed by atoms with Crippen molar-refractivity contribution in [1.29, 1.82) is 0 Å². The Morgan fingerprint density at radius 3 is 1.27 bits per heavy atom. The fourth-order valence-electron chi connectivity index (χ4n) is 8.61. The second-order valence-corrected chi connectivity index (χ2v) is 20.7. The van der Waals surface area contributed by atoms with Gasteiger partial charge in [0.25, 0.3) is 0 Å². The summed E-state index contributed by atoms with van der Waals surface area (Å²) in [5.74, 6) is -11.1. The molecule has 9 atom stereocenters. The number of para-hydroxylation sites is 2. The quantitative estimate of drug-likeness (QED) is 0.0331. The van der Waals surface area contributed by atoms with E-state index in [1.807, 2.05) is 0 Å². The molecule has 0 aliphatic heterocycles. The second kappa shape index (κ2) is 28.3. The lowest BCUT2D eigenvalue weighted by Crippen LogP contribution is -2.63. The summed E-state index contributed by atoms with van der Waals surface area (Å²) in [4.78, 5) is 142. The maximum Gasteiger partial charge on any atom is 0.326 e. The monoisotopic (exact) mass is 1070 g/mol. The number of fused-ring (bicyclic) bond motifs is 2. The van der Waals surface area contributed by atoms with E-state index in [2.05, 4.69) is 52.5 Å². The number of carbonyl (C=O) groups excluding carboxylic acids is 9. The van der Waals surface area contributed by atoms with Gasteiger partial charge in [-0.25, -0.2) is 4.79 Å². The van der Waals surface area contributed by atoms with E-state index in [9.17, 15) is 58.2 Å². The average Bonchev–Trinajstić information content (AvgIpc) is 3.97. The first-order chi connectivity index (χ1) is 36.2. The number of rotatable bonds is 29. The number of hydrogen-bond donors (Lipinski definition) is 14. The molecule has 0 spiro atoms. The van der Waals surface area contributed by atoms with Crippen molar-refractivity contribution in [3.8, 4) is 0 Å². The van der Waals surface area contributed by atoms with Crippen molar-refractivity contribution in [2.75, 3.05) is 6.54 Å². The lowest BCUT2D eigenvalue weighted by molar-refractivity contribution is -0.144. The summed E-state index contributed by atoms with van der Waals surface area (Å²) >= 11 is 0. The van der Waals surface area contributed by atoms with Crippen molar-refractivity contribution in [3.63, 3.8) is 0 Å². The number of primary amides is 1. The number of carboxylic acid groups (broad SMARTS) is 1. The van der Waals surface area contributed by atoms with Crippen molar-refractivity contribution < 1.29 is 58.2 Å². The van der Waals surface area contributed by atoms with Gasteiger partial charge >= 0.3 is 5.97 Å². The Bertz CT molecular complexity index is 2750. The van der Waals surface area contributed by atoms with E-state index in [1.165, 1.54) is 6.92 Å². The number of nitrogens with one attached hydrogen (secondary N) is 10. The number of benzene rings is 2. The van der Waals surface area contributed by atoms with E-state index < -0.39 is 144 Å². The van der Waals surface area contributed by atoms with Crippen LogP contribution in [0.1, 0.15) is 86.3 Å². The zero-order valence-corrected chi connectivity index (χ0v) is 44.9. The lowest BCUT2D eigenvalue weighted by atomic mass is 9.98. The molecular formula is C53H76N12O12. The third-order valence-corrected chi connectivity index (χ3v) is 12.8. The Labute approximate surface area is 446 Å². The molecule has 24 nitrogen and oxygen atoms in total. The smallest absolute Gasteiger partial charge is 0.326 e. The Hall–Kier alpha value is -7.86. The molecule has 0 saturated heterocycles. The summed E-state index contributed by atoms with van der Waals surface area (Å²) in [5.41, 5.74) is 13.6. The first-order valence-electron chi connectivity index (χ1n) is 25.6. The molecule has 2 aromatic heterocycles. The van der Waals surface area contributed by atoms with Crippen molar-refractivity contribution in [1.82, 2.24) is 52.5 Å². The molecule has 0 radical (unpaired) electrons. The number of aliphatic carboxylic acids is 1. The van der Waals surface area contributed by atoms with Gasteiger partial charge in [0.05, 0.1) is 19.1 Å². The van der Waals surface area contributed by atoms with Crippen molar-refractivity contribution in [2.24, 2.45) is 35.1 Å². The summed E-state index contributed by atoms with van der Waals surface area (Å²) < 4.78 is 0. The standard InChI is InChI=1S/C53H76N12O12/c1-25(2)18-36(58-41(68)22-54)46(69)60-39(21-40(55)67)47(70)59-37(19-30-23-56-34-16-12-10-14-32(30)34)48(71)63-43(27(5)6)51(74)65-45(29(9)66)52(75)61-38(20-31-24-57-35-17-13-11-15-33(31)35)49(72)62-42(26(3)4)50(73)64-44(28(7)8)53(76)77/h10-17,23-29,36-39,42-45,56-57,66H,18-22,54H2,1-9H3,(H2,55,67)(H,58,68)(H,59,70)(H,60,69)(H,61,75)(H,62,72)(H,63,71)(H,64,73)(H,65,74)(H,76,77)/t29-,36+,37+,38+,39+,42+,43+,44+,45+/m1/s1. The molecule has 0 fully saturated rings. The van der Waals surface area contributed by atoms with Crippen molar-refractivity contribution >= 4 is 80.9 Å². The van der Waals surface area contributed by atoms with Crippen LogP contribution in [-0.2, 0) is 60.8 Å². The zero-order valence-electron chi connectivity index (χ0n) is 44.9. The van der Waals surface area contributed by atoms with Gasteiger partial charge in [-0.05, 0) is 60.3 Å². The van der Waals surface area contributed by atoms with Gasteiger partial charge in [0, 0.05) is 47.0 Å². The highest BCUT2D eigenvalue weighted by molar-refractivity contribution is 6.00. The van der Waals surface area contributed by atoms with Crippen LogP contribution in [0.2, 0.25) is 0 Å². The summed E-state index contributed by atoms with van der Waals surface area (Å²) in [5, 5.41) is 42.8. The predicted octanol–water partition coefficient (Wildman–Crippen LogP) is -0.374. The molecule has 16 N–H and O–H groups in total. The third kappa shape index (κ3) is 17.6. The number of aliphatic hydroxyl groups is 1. The molecule has 24 heteroatoms. The summed E-state index contributed by atoms with van der Waals surface area (Å²) in [6, 6.07) is 2.84. The van der Waals surface area contributed by atoms with Crippen LogP contribution in [0.15, 0.2) is 60.9 Å². The van der Waals surface area contributed by atoms with Gasteiger partial charge in [-0.2, -0.15) is 0 Å². The average molecular weight is 1070 g/mol. The molecule has 0 aliphatic rings. The maximum atomic E-state index is 14.6. The van der Waals surface area contributed by atoms with Crippen LogP contribution in [0.4, 0.5) is 0 Å². The van der Waals surface area contributed by atoms with Crippen LogP contribution < -0.4 is 54.0 Å². The Balaban J connectivity index is 1.64. The van der Waals surface area contributed by atoms with E-state index in [1.54, 1.807) is 116 Å². The zero-order chi connectivity index (χ0) is 57.4. The molecular weight excluding hydrogens is 997 g/mol. The van der Waals surface area contributed by atoms with Crippen molar-refractivity contribution in [2.45, 2.75) is 142 Å². The number of hydrogen-bond acceptors (Lipinski definition) is 12. The topological polar surface area (TPSA) is 391 Å². The molecule has 0 unspecified atom stereocenters. The Kier molecular flexibility index (Phi) is 22.7. The predicted molar refractivity (Wildman–Crippen MR) is 286 cm³/mol.